The van der Waals surface area contributed by atoms with Gasteiger partial charge in [0.1, 0.15) is 5.82 Å². The molecular weight excluding hydrogens is 354 g/mol. The second kappa shape index (κ2) is 7.16. The summed E-state index contributed by atoms with van der Waals surface area (Å²) in [6.45, 7) is 8.28. The van der Waals surface area contributed by atoms with Gasteiger partial charge < -0.3 is 4.90 Å². The topological polar surface area (TPSA) is 29.0 Å². The highest BCUT2D eigenvalue weighted by Gasteiger charge is 2.14. The minimum absolute atomic E-state index is 0.724. The van der Waals surface area contributed by atoms with Crippen LogP contribution in [0.15, 0.2) is 54.6 Å². The SMILES string of the molecule is CCN(CC)c1ccc2c(-c3ccc(Cl)cc3)nc3ccc(C)cc3c2n1. The van der Waals surface area contributed by atoms with Crippen molar-refractivity contribution in [3.8, 4) is 11.3 Å². The Hall–Kier alpha value is -2.65. The predicted octanol–water partition coefficient (Wildman–Crippen LogP) is 6.26. The number of aryl methyl sites for hydroxylation is 1. The highest BCUT2D eigenvalue weighted by Crippen LogP contribution is 2.33. The lowest BCUT2D eigenvalue weighted by molar-refractivity contribution is 0.850. The number of benzene rings is 2. The summed E-state index contributed by atoms with van der Waals surface area (Å²) in [7, 11) is 0. The van der Waals surface area contributed by atoms with Gasteiger partial charge in [-0.2, -0.15) is 0 Å². The van der Waals surface area contributed by atoms with Crippen LogP contribution in [0.1, 0.15) is 19.4 Å². The van der Waals surface area contributed by atoms with Crippen molar-refractivity contribution in [2.45, 2.75) is 20.8 Å². The van der Waals surface area contributed by atoms with Gasteiger partial charge in [0.15, 0.2) is 0 Å². The largest absolute Gasteiger partial charge is 0.357 e. The summed E-state index contributed by atoms with van der Waals surface area (Å²) in [4.78, 5) is 12.3. The zero-order valence-corrected chi connectivity index (χ0v) is 16.6. The molecule has 0 saturated carbocycles. The van der Waals surface area contributed by atoms with E-state index in [2.05, 4.69) is 56.0 Å². The number of pyridine rings is 2. The molecule has 2 aromatic heterocycles. The summed E-state index contributed by atoms with van der Waals surface area (Å²) < 4.78 is 0. The van der Waals surface area contributed by atoms with Crippen LogP contribution in [0, 0.1) is 6.92 Å². The number of rotatable bonds is 4. The van der Waals surface area contributed by atoms with Crippen LogP contribution in [0.2, 0.25) is 5.02 Å². The molecule has 3 nitrogen and oxygen atoms in total. The van der Waals surface area contributed by atoms with Crippen molar-refractivity contribution >= 4 is 39.2 Å². The molecule has 4 rings (SSSR count). The Labute approximate surface area is 164 Å². The molecule has 136 valence electrons. The highest BCUT2D eigenvalue weighted by atomic mass is 35.5. The molecule has 27 heavy (non-hydrogen) atoms. The smallest absolute Gasteiger partial charge is 0.129 e. The molecule has 0 radical (unpaired) electrons. The van der Waals surface area contributed by atoms with E-state index in [1.165, 1.54) is 5.56 Å². The van der Waals surface area contributed by atoms with E-state index in [4.69, 9.17) is 21.6 Å². The van der Waals surface area contributed by atoms with Gasteiger partial charge in [0.2, 0.25) is 0 Å². The summed E-state index contributed by atoms with van der Waals surface area (Å²) in [6, 6.07) is 18.4. The molecule has 0 aliphatic heterocycles. The van der Waals surface area contributed by atoms with Gasteiger partial charge >= 0.3 is 0 Å². The fraction of sp³-hybridized carbons (Fsp3) is 0.217. The third-order valence-corrected chi connectivity index (χ3v) is 5.23. The van der Waals surface area contributed by atoms with E-state index in [0.29, 0.717) is 0 Å². The quantitative estimate of drug-likeness (QED) is 0.394. The van der Waals surface area contributed by atoms with Crippen molar-refractivity contribution in [3.63, 3.8) is 0 Å². The number of fused-ring (bicyclic) bond motifs is 3. The molecule has 0 N–H and O–H groups in total. The van der Waals surface area contributed by atoms with Crippen LogP contribution in [0.25, 0.3) is 33.1 Å². The molecule has 4 aromatic rings. The van der Waals surface area contributed by atoms with Crippen LogP contribution >= 0.6 is 11.6 Å². The number of nitrogens with zero attached hydrogens (tertiary/aromatic N) is 3. The molecule has 0 amide bonds. The minimum atomic E-state index is 0.724. The summed E-state index contributed by atoms with van der Waals surface area (Å²) in [6.07, 6.45) is 0. The third-order valence-electron chi connectivity index (χ3n) is 4.98. The molecule has 4 heteroatoms. The molecule has 2 heterocycles. The van der Waals surface area contributed by atoms with E-state index in [1.54, 1.807) is 0 Å². The maximum Gasteiger partial charge on any atom is 0.129 e. The van der Waals surface area contributed by atoms with Gasteiger partial charge in [0, 0.05) is 34.4 Å². The van der Waals surface area contributed by atoms with Crippen LogP contribution in [-0.4, -0.2) is 23.1 Å². The predicted molar refractivity (Wildman–Crippen MR) is 116 cm³/mol. The maximum atomic E-state index is 6.08. The van der Waals surface area contributed by atoms with Crippen LogP contribution < -0.4 is 4.90 Å². The summed E-state index contributed by atoms with van der Waals surface area (Å²) in [5.74, 6) is 1.00. The van der Waals surface area contributed by atoms with Gasteiger partial charge in [0.25, 0.3) is 0 Å². The number of aromatic nitrogens is 2. The van der Waals surface area contributed by atoms with Gasteiger partial charge in [-0.3, -0.25) is 0 Å². The monoisotopic (exact) mass is 375 g/mol. The van der Waals surface area contributed by atoms with Gasteiger partial charge in [-0.05, 0) is 57.2 Å². The van der Waals surface area contributed by atoms with Crippen molar-refractivity contribution in [2.75, 3.05) is 18.0 Å². The molecule has 0 bridgehead atoms. The lowest BCUT2D eigenvalue weighted by Crippen LogP contribution is -2.22. The highest BCUT2D eigenvalue weighted by molar-refractivity contribution is 6.30. The summed E-state index contributed by atoms with van der Waals surface area (Å²) in [5.41, 5.74) is 5.15. The first-order chi connectivity index (χ1) is 13.1. The minimum Gasteiger partial charge on any atom is -0.357 e. The average Bonchev–Trinajstić information content (AvgIpc) is 2.69. The lowest BCUT2D eigenvalue weighted by atomic mass is 10.0. The first-order valence-electron chi connectivity index (χ1n) is 9.32. The van der Waals surface area contributed by atoms with Crippen molar-refractivity contribution in [3.05, 3.63) is 65.2 Å². The number of halogens is 1. The Morgan fingerprint density at radius 2 is 1.59 bits per heavy atom. The van der Waals surface area contributed by atoms with Crippen LogP contribution in [-0.2, 0) is 0 Å². The number of hydrogen-bond donors (Lipinski definition) is 0. The Balaban J connectivity index is 2.06. The van der Waals surface area contributed by atoms with Crippen molar-refractivity contribution in [2.24, 2.45) is 0 Å². The Morgan fingerprint density at radius 3 is 2.30 bits per heavy atom. The third kappa shape index (κ3) is 3.24. The Kier molecular flexibility index (Phi) is 4.71. The van der Waals surface area contributed by atoms with Crippen LogP contribution in [0.5, 0.6) is 0 Å². The van der Waals surface area contributed by atoms with E-state index in [-0.39, 0.29) is 0 Å². The molecule has 0 unspecified atom stereocenters. The molecule has 2 aromatic carbocycles. The zero-order chi connectivity index (χ0) is 19.0. The molecule has 0 saturated heterocycles. The van der Waals surface area contributed by atoms with Crippen molar-refractivity contribution in [1.29, 1.82) is 0 Å². The Bertz CT molecular complexity index is 1120. The standard InChI is InChI=1S/C23H22ClN3/c1-4-27(5-2)21-13-11-18-22(16-7-9-17(24)10-8-16)25-20-12-6-15(3)14-19(20)23(18)26-21/h6-14H,4-5H2,1-3H3. The molecule has 0 fully saturated rings. The molecule has 0 spiro atoms. The van der Waals surface area contributed by atoms with Gasteiger partial charge in [0.05, 0.1) is 16.7 Å². The second-order valence-electron chi connectivity index (χ2n) is 6.73. The zero-order valence-electron chi connectivity index (χ0n) is 15.8. The van der Waals surface area contributed by atoms with Gasteiger partial charge in [-0.1, -0.05) is 35.4 Å². The van der Waals surface area contributed by atoms with E-state index in [9.17, 15) is 0 Å². The van der Waals surface area contributed by atoms with Gasteiger partial charge in [-0.25, -0.2) is 9.97 Å². The lowest BCUT2D eigenvalue weighted by Gasteiger charge is -2.20. The van der Waals surface area contributed by atoms with E-state index < -0.39 is 0 Å². The van der Waals surface area contributed by atoms with Crippen LogP contribution in [0.4, 0.5) is 5.82 Å². The van der Waals surface area contributed by atoms with Crippen molar-refractivity contribution in [1.82, 2.24) is 9.97 Å². The van der Waals surface area contributed by atoms with Gasteiger partial charge in [-0.15, -0.1) is 0 Å². The molecule has 0 aliphatic carbocycles. The van der Waals surface area contributed by atoms with E-state index in [0.717, 1.165) is 57.0 Å². The summed E-state index contributed by atoms with van der Waals surface area (Å²) >= 11 is 6.08. The summed E-state index contributed by atoms with van der Waals surface area (Å²) in [5, 5.41) is 2.88. The molecular formula is C23H22ClN3. The van der Waals surface area contributed by atoms with Crippen molar-refractivity contribution < 1.29 is 0 Å². The fourth-order valence-corrected chi connectivity index (χ4v) is 3.64. The fourth-order valence-electron chi connectivity index (χ4n) is 3.51. The first kappa shape index (κ1) is 17.7. The van der Waals surface area contributed by atoms with Crippen LogP contribution in [0.3, 0.4) is 0 Å². The first-order valence-corrected chi connectivity index (χ1v) is 9.70. The normalized spacial score (nSPS) is 11.3. The number of anilines is 1. The average molecular weight is 376 g/mol. The molecule has 0 aliphatic rings. The Morgan fingerprint density at radius 1 is 0.852 bits per heavy atom. The maximum absolute atomic E-state index is 6.08. The number of hydrogen-bond acceptors (Lipinski definition) is 3. The molecule has 0 atom stereocenters. The second-order valence-corrected chi connectivity index (χ2v) is 7.16. The van der Waals surface area contributed by atoms with E-state index >= 15 is 0 Å². The van der Waals surface area contributed by atoms with E-state index in [1.807, 2.05) is 24.3 Å².